The van der Waals surface area contributed by atoms with Gasteiger partial charge in [0.1, 0.15) is 11.7 Å². The molecule has 2 N–H and O–H groups in total. The Bertz CT molecular complexity index is 1150. The number of esters is 2. The van der Waals surface area contributed by atoms with Crippen molar-refractivity contribution in [1.82, 2.24) is 10.6 Å². The van der Waals surface area contributed by atoms with Crippen molar-refractivity contribution in [2.75, 3.05) is 20.0 Å². The summed E-state index contributed by atoms with van der Waals surface area (Å²) in [5.41, 5.74) is 0.825. The van der Waals surface area contributed by atoms with Crippen molar-refractivity contribution in [1.29, 1.82) is 5.26 Å². The molecule has 10 nitrogen and oxygen atoms in total. The minimum Gasteiger partial charge on any atom is -0.468 e. The summed E-state index contributed by atoms with van der Waals surface area (Å²) in [7, 11) is 2.40. The number of benzene rings is 1. The molecular weight excluding hydrogens is 462 g/mol. The average Bonchev–Trinajstić information content (AvgIpc) is 3.38. The van der Waals surface area contributed by atoms with Gasteiger partial charge in [-0.05, 0) is 29.8 Å². The maximum absolute atomic E-state index is 12.8. The molecule has 1 aromatic heterocycles. The van der Waals surface area contributed by atoms with Gasteiger partial charge < -0.3 is 24.5 Å². The van der Waals surface area contributed by atoms with E-state index in [1.54, 1.807) is 24.3 Å². The van der Waals surface area contributed by atoms with Crippen LogP contribution in [0, 0.1) is 17.2 Å². The van der Waals surface area contributed by atoms with Gasteiger partial charge in [-0.1, -0.05) is 23.9 Å². The second-order valence-electron chi connectivity index (χ2n) is 7.08. The highest BCUT2D eigenvalue weighted by molar-refractivity contribution is 8.03. The second-order valence-corrected chi connectivity index (χ2v) is 8.07. The van der Waals surface area contributed by atoms with E-state index in [0.29, 0.717) is 11.3 Å². The Kier molecular flexibility index (Phi) is 8.10. The molecular formula is C23H21N3O7S. The van der Waals surface area contributed by atoms with Gasteiger partial charge in [-0.3, -0.25) is 14.4 Å². The summed E-state index contributed by atoms with van der Waals surface area (Å²) in [5, 5.41) is 15.3. The number of thioether (sulfide) groups is 1. The number of nitrogens with zero attached hydrogens (tertiary/aromatic N) is 1. The molecule has 11 heteroatoms. The predicted octanol–water partition coefficient (Wildman–Crippen LogP) is 1.85. The van der Waals surface area contributed by atoms with Crippen molar-refractivity contribution in [2.45, 2.75) is 12.5 Å². The van der Waals surface area contributed by atoms with E-state index in [-0.39, 0.29) is 34.4 Å². The van der Waals surface area contributed by atoms with Gasteiger partial charge in [-0.25, -0.2) is 4.79 Å². The number of ether oxygens (including phenoxy) is 2. The summed E-state index contributed by atoms with van der Waals surface area (Å²) < 4.78 is 14.6. The van der Waals surface area contributed by atoms with Gasteiger partial charge in [0, 0.05) is 5.92 Å². The van der Waals surface area contributed by atoms with Gasteiger partial charge in [-0.15, -0.1) is 0 Å². The van der Waals surface area contributed by atoms with Crippen LogP contribution in [0.15, 0.2) is 57.7 Å². The molecule has 2 amide bonds. The summed E-state index contributed by atoms with van der Waals surface area (Å²) in [4.78, 5) is 49.3. The third-order valence-corrected chi connectivity index (χ3v) is 6.08. The van der Waals surface area contributed by atoms with Gasteiger partial charge in [0.05, 0.1) is 55.0 Å². The molecule has 3 rings (SSSR count). The standard InChI is InChI=1S/C23H21N3O7S/c1-31-22(29)14-7-5-13(6-8-14)18-16(10-24)21(26-20(28)19(18)23(30)32-2)34-12-17(27)25-11-15-4-3-9-33-15/h3-9,18-19H,11-12H2,1-2H3,(H,25,27)(H,26,28)/t18-,19-/m0/s1. The second kappa shape index (κ2) is 11.2. The fraction of sp³-hybridized carbons (Fsp3) is 0.261. The van der Waals surface area contributed by atoms with Crippen LogP contribution in [-0.2, 0) is 30.4 Å². The number of furan rings is 1. The third-order valence-electron chi connectivity index (χ3n) is 5.06. The number of hydrogen-bond acceptors (Lipinski definition) is 9. The van der Waals surface area contributed by atoms with Crippen LogP contribution in [0.1, 0.15) is 27.6 Å². The van der Waals surface area contributed by atoms with Crippen molar-refractivity contribution in [3.63, 3.8) is 0 Å². The number of amides is 2. The maximum atomic E-state index is 12.8. The van der Waals surface area contributed by atoms with Crippen LogP contribution in [-0.4, -0.2) is 43.7 Å². The Labute approximate surface area is 199 Å². The Hall–Kier alpha value is -4.04. The highest BCUT2D eigenvalue weighted by Gasteiger charge is 2.44. The molecule has 0 bridgehead atoms. The SMILES string of the molecule is COC(=O)c1ccc([C@H]2C(C#N)=C(SCC(=O)NCc3ccco3)NC(=O)[C@H]2C(=O)OC)cc1. The number of nitriles is 1. The Balaban J connectivity index is 1.87. The molecule has 0 fully saturated rings. The molecule has 0 saturated heterocycles. The number of hydrogen-bond donors (Lipinski definition) is 2. The lowest BCUT2D eigenvalue weighted by atomic mass is 9.78. The minimum atomic E-state index is -1.32. The topological polar surface area (TPSA) is 148 Å². The average molecular weight is 484 g/mol. The van der Waals surface area contributed by atoms with E-state index >= 15 is 0 Å². The largest absolute Gasteiger partial charge is 0.468 e. The number of carbonyl (C=O) groups is 4. The molecule has 1 aromatic carbocycles. The Morgan fingerprint density at radius 3 is 2.50 bits per heavy atom. The van der Waals surface area contributed by atoms with Gasteiger partial charge in [0.15, 0.2) is 0 Å². The Morgan fingerprint density at radius 1 is 1.18 bits per heavy atom. The van der Waals surface area contributed by atoms with Crippen LogP contribution >= 0.6 is 11.8 Å². The zero-order chi connectivity index (χ0) is 24.7. The first-order valence-corrected chi connectivity index (χ1v) is 11.0. The van der Waals surface area contributed by atoms with Crippen LogP contribution in [0.25, 0.3) is 0 Å². The van der Waals surface area contributed by atoms with E-state index in [9.17, 15) is 24.4 Å². The fourth-order valence-electron chi connectivity index (χ4n) is 3.41. The van der Waals surface area contributed by atoms with E-state index in [1.165, 1.54) is 25.5 Å². The predicted molar refractivity (Wildman–Crippen MR) is 120 cm³/mol. The zero-order valence-electron chi connectivity index (χ0n) is 18.3. The smallest absolute Gasteiger partial charge is 0.337 e. The summed E-state index contributed by atoms with van der Waals surface area (Å²) in [6, 6.07) is 11.5. The van der Waals surface area contributed by atoms with Crippen LogP contribution in [0.3, 0.4) is 0 Å². The molecule has 0 spiro atoms. The van der Waals surface area contributed by atoms with Gasteiger partial charge in [0.25, 0.3) is 0 Å². The number of nitrogens with one attached hydrogen (secondary N) is 2. The number of carbonyl (C=O) groups excluding carboxylic acids is 4. The first-order chi connectivity index (χ1) is 16.4. The molecule has 0 saturated carbocycles. The minimum absolute atomic E-state index is 0.0849. The van der Waals surface area contributed by atoms with Crippen LogP contribution in [0.5, 0.6) is 0 Å². The molecule has 0 aliphatic carbocycles. The number of methoxy groups -OCH3 is 2. The number of rotatable bonds is 8. The van der Waals surface area contributed by atoms with E-state index in [2.05, 4.69) is 21.4 Å². The molecule has 0 unspecified atom stereocenters. The van der Waals surface area contributed by atoms with E-state index in [1.807, 2.05) is 0 Å². The number of allylic oxidation sites excluding steroid dienone is 1. The molecule has 2 aromatic rings. The van der Waals surface area contributed by atoms with Gasteiger partial charge in [0.2, 0.25) is 11.8 Å². The monoisotopic (exact) mass is 483 g/mol. The van der Waals surface area contributed by atoms with Crippen LogP contribution in [0.2, 0.25) is 0 Å². The van der Waals surface area contributed by atoms with Crippen molar-refractivity contribution >= 4 is 35.5 Å². The molecule has 0 radical (unpaired) electrons. The van der Waals surface area contributed by atoms with E-state index < -0.39 is 29.7 Å². The first kappa shape index (κ1) is 24.6. The van der Waals surface area contributed by atoms with E-state index in [4.69, 9.17) is 9.15 Å². The molecule has 2 atom stereocenters. The summed E-state index contributed by atoms with van der Waals surface area (Å²) in [6.45, 7) is 0.197. The van der Waals surface area contributed by atoms with Crippen LogP contribution < -0.4 is 10.6 Å². The first-order valence-electron chi connectivity index (χ1n) is 10.0. The Morgan fingerprint density at radius 2 is 1.91 bits per heavy atom. The van der Waals surface area contributed by atoms with Crippen LogP contribution in [0.4, 0.5) is 0 Å². The van der Waals surface area contributed by atoms with Gasteiger partial charge in [-0.2, -0.15) is 5.26 Å². The highest BCUT2D eigenvalue weighted by Crippen LogP contribution is 2.40. The molecule has 2 heterocycles. The van der Waals surface area contributed by atoms with Crippen molar-refractivity contribution in [3.05, 3.63) is 70.2 Å². The lowest BCUT2D eigenvalue weighted by Crippen LogP contribution is -2.44. The summed E-state index contributed by atoms with van der Waals surface area (Å²) in [6.07, 6.45) is 1.49. The fourth-order valence-corrected chi connectivity index (χ4v) is 4.29. The molecule has 1 aliphatic rings. The van der Waals surface area contributed by atoms with Crippen molar-refractivity contribution in [3.8, 4) is 6.07 Å². The lowest BCUT2D eigenvalue weighted by molar-refractivity contribution is -0.150. The lowest BCUT2D eigenvalue weighted by Gasteiger charge is -2.31. The molecule has 176 valence electrons. The molecule has 1 aliphatic heterocycles. The van der Waals surface area contributed by atoms with Crippen molar-refractivity contribution in [2.24, 2.45) is 5.92 Å². The van der Waals surface area contributed by atoms with Crippen molar-refractivity contribution < 1.29 is 33.1 Å². The molecule has 34 heavy (non-hydrogen) atoms. The summed E-state index contributed by atoms with van der Waals surface area (Å²) >= 11 is 0.967. The summed E-state index contributed by atoms with van der Waals surface area (Å²) in [5.74, 6) is -4.15. The highest BCUT2D eigenvalue weighted by atomic mass is 32.2. The van der Waals surface area contributed by atoms with Gasteiger partial charge >= 0.3 is 11.9 Å². The quantitative estimate of drug-likeness (QED) is 0.424. The van der Waals surface area contributed by atoms with E-state index in [0.717, 1.165) is 18.9 Å². The third kappa shape index (κ3) is 5.47. The zero-order valence-corrected chi connectivity index (χ0v) is 19.1. The maximum Gasteiger partial charge on any atom is 0.337 e. The normalized spacial score (nSPS) is 17.4.